The molecule has 0 saturated carbocycles. The van der Waals surface area contributed by atoms with Crippen molar-refractivity contribution in [2.75, 3.05) is 4.90 Å². The van der Waals surface area contributed by atoms with Gasteiger partial charge in [-0.05, 0) is 48.0 Å². The predicted octanol–water partition coefficient (Wildman–Crippen LogP) is 6.33. The third-order valence-electron chi connectivity index (χ3n) is 4.13. The van der Waals surface area contributed by atoms with Crippen molar-refractivity contribution in [3.05, 3.63) is 83.6 Å². The number of aromatic nitrogens is 2. The normalized spacial score (nSPS) is 11.8. The van der Waals surface area contributed by atoms with Crippen molar-refractivity contribution in [2.45, 2.75) is 12.7 Å². The van der Waals surface area contributed by atoms with Crippen LogP contribution in [0.5, 0.6) is 0 Å². The molecule has 2 aromatic carbocycles. The molecule has 0 aliphatic heterocycles. The number of thiazole rings is 1. The number of anilines is 2. The SMILES string of the molecule is Fc1cc(F)cc(CN(c2cccc(C(F)(F)F)c2)c2nc3cccnc3s2)c1. The number of halogens is 5. The van der Waals surface area contributed by atoms with Gasteiger partial charge in [0.1, 0.15) is 22.0 Å². The van der Waals surface area contributed by atoms with E-state index in [1.54, 1.807) is 18.3 Å². The third-order valence-corrected chi connectivity index (χ3v) is 5.14. The van der Waals surface area contributed by atoms with E-state index >= 15 is 0 Å². The number of pyridine rings is 1. The van der Waals surface area contributed by atoms with Gasteiger partial charge in [0.15, 0.2) is 5.13 Å². The van der Waals surface area contributed by atoms with Crippen LogP contribution >= 0.6 is 11.3 Å². The molecule has 0 unspecified atom stereocenters. The standard InChI is InChI=1S/C20H12F5N3S/c21-14-7-12(8-15(22)10-14)11-28(16-4-1-3-13(9-16)20(23,24)25)19-27-17-5-2-6-26-18(17)29-19/h1-10H,11H2. The molecule has 4 rings (SSSR count). The van der Waals surface area contributed by atoms with Gasteiger partial charge in [0.2, 0.25) is 0 Å². The summed E-state index contributed by atoms with van der Waals surface area (Å²) in [5, 5.41) is 0.364. The molecule has 0 spiro atoms. The lowest BCUT2D eigenvalue weighted by Gasteiger charge is -2.23. The van der Waals surface area contributed by atoms with Crippen molar-refractivity contribution in [3.63, 3.8) is 0 Å². The number of fused-ring (bicyclic) bond motifs is 1. The minimum Gasteiger partial charge on any atom is -0.313 e. The van der Waals surface area contributed by atoms with Crippen molar-refractivity contribution in [3.8, 4) is 0 Å². The summed E-state index contributed by atoms with van der Waals surface area (Å²) in [5.74, 6) is -1.54. The quantitative estimate of drug-likeness (QED) is 0.361. The number of benzene rings is 2. The largest absolute Gasteiger partial charge is 0.416 e. The zero-order valence-corrected chi connectivity index (χ0v) is 15.4. The van der Waals surface area contributed by atoms with Gasteiger partial charge in [-0.2, -0.15) is 13.2 Å². The summed E-state index contributed by atoms with van der Waals surface area (Å²) < 4.78 is 66.9. The van der Waals surface area contributed by atoms with Crippen LogP contribution in [0.4, 0.5) is 32.8 Å². The minimum absolute atomic E-state index is 0.0736. The molecule has 0 saturated heterocycles. The van der Waals surface area contributed by atoms with Crippen molar-refractivity contribution in [1.82, 2.24) is 9.97 Å². The lowest BCUT2D eigenvalue weighted by atomic mass is 10.1. The van der Waals surface area contributed by atoms with Gasteiger partial charge in [-0.25, -0.2) is 18.7 Å². The van der Waals surface area contributed by atoms with Gasteiger partial charge in [-0.3, -0.25) is 0 Å². The molecule has 0 atom stereocenters. The van der Waals surface area contributed by atoms with Gasteiger partial charge in [-0.15, -0.1) is 0 Å². The van der Waals surface area contributed by atoms with E-state index in [0.29, 0.717) is 15.5 Å². The lowest BCUT2D eigenvalue weighted by Crippen LogP contribution is -2.17. The highest BCUT2D eigenvalue weighted by Gasteiger charge is 2.31. The number of hydrogen-bond acceptors (Lipinski definition) is 4. The Morgan fingerprint density at radius 2 is 1.69 bits per heavy atom. The maximum atomic E-state index is 13.6. The molecule has 9 heteroatoms. The van der Waals surface area contributed by atoms with Gasteiger partial charge in [-0.1, -0.05) is 17.4 Å². The van der Waals surface area contributed by atoms with E-state index in [9.17, 15) is 22.0 Å². The fraction of sp³-hybridized carbons (Fsp3) is 0.100. The maximum absolute atomic E-state index is 13.6. The minimum atomic E-state index is -4.53. The second-order valence-corrected chi connectivity index (χ2v) is 7.19. The molecule has 2 heterocycles. The molecule has 0 radical (unpaired) electrons. The first kappa shape index (κ1) is 19.3. The first-order chi connectivity index (χ1) is 13.8. The van der Waals surface area contributed by atoms with Crippen LogP contribution in [0.3, 0.4) is 0 Å². The van der Waals surface area contributed by atoms with Crippen LogP contribution in [-0.2, 0) is 12.7 Å². The Hall–Kier alpha value is -3.07. The molecule has 0 fully saturated rings. The molecule has 148 valence electrons. The van der Waals surface area contributed by atoms with E-state index in [1.807, 2.05) is 0 Å². The summed E-state index contributed by atoms with van der Waals surface area (Å²) in [5.41, 5.74) is 0.204. The number of nitrogens with zero attached hydrogens (tertiary/aromatic N) is 3. The van der Waals surface area contributed by atoms with Gasteiger partial charge in [0.25, 0.3) is 0 Å². The summed E-state index contributed by atoms with van der Waals surface area (Å²) in [6, 6.07) is 11.1. The molecule has 4 aromatic rings. The van der Waals surface area contributed by atoms with Crippen LogP contribution in [0.1, 0.15) is 11.1 Å². The number of hydrogen-bond donors (Lipinski definition) is 0. The van der Waals surface area contributed by atoms with Gasteiger partial charge in [0, 0.05) is 18.0 Å². The van der Waals surface area contributed by atoms with Crippen LogP contribution in [0.2, 0.25) is 0 Å². The van der Waals surface area contributed by atoms with E-state index in [-0.39, 0.29) is 17.8 Å². The fourth-order valence-corrected chi connectivity index (χ4v) is 3.81. The molecule has 0 bridgehead atoms. The molecule has 3 nitrogen and oxygen atoms in total. The Bertz CT molecular complexity index is 1120. The molecule has 0 aliphatic carbocycles. The number of rotatable bonds is 4. The van der Waals surface area contributed by atoms with E-state index in [4.69, 9.17) is 0 Å². The Morgan fingerprint density at radius 1 is 0.931 bits per heavy atom. The molecule has 0 amide bonds. The zero-order valence-electron chi connectivity index (χ0n) is 14.6. The Labute approximate surface area is 166 Å². The van der Waals surface area contributed by atoms with Crippen molar-refractivity contribution >= 4 is 32.5 Å². The average Bonchev–Trinajstić information content (AvgIpc) is 3.08. The van der Waals surface area contributed by atoms with E-state index < -0.39 is 23.4 Å². The average molecular weight is 421 g/mol. The van der Waals surface area contributed by atoms with Gasteiger partial charge < -0.3 is 4.90 Å². The highest BCUT2D eigenvalue weighted by molar-refractivity contribution is 7.21. The summed E-state index contributed by atoms with van der Waals surface area (Å²) in [4.78, 5) is 10.7. The Morgan fingerprint density at radius 3 is 2.38 bits per heavy atom. The first-order valence-corrected chi connectivity index (χ1v) is 9.22. The zero-order chi connectivity index (χ0) is 20.6. The molecular formula is C20H12F5N3S. The van der Waals surface area contributed by atoms with E-state index in [0.717, 1.165) is 30.3 Å². The van der Waals surface area contributed by atoms with Crippen molar-refractivity contribution in [1.29, 1.82) is 0 Å². The second kappa shape index (κ2) is 7.40. The maximum Gasteiger partial charge on any atom is 0.416 e. The van der Waals surface area contributed by atoms with E-state index in [1.165, 1.54) is 28.4 Å². The van der Waals surface area contributed by atoms with Gasteiger partial charge in [0.05, 0.1) is 12.1 Å². The van der Waals surface area contributed by atoms with Crippen LogP contribution in [0, 0.1) is 11.6 Å². The molecular weight excluding hydrogens is 409 g/mol. The lowest BCUT2D eigenvalue weighted by molar-refractivity contribution is -0.137. The van der Waals surface area contributed by atoms with Crippen molar-refractivity contribution in [2.24, 2.45) is 0 Å². The summed E-state index contributed by atoms with van der Waals surface area (Å²) in [7, 11) is 0. The number of alkyl halides is 3. The molecule has 29 heavy (non-hydrogen) atoms. The monoisotopic (exact) mass is 421 g/mol. The smallest absolute Gasteiger partial charge is 0.313 e. The Kier molecular flexibility index (Phi) is 4.91. The summed E-state index contributed by atoms with van der Waals surface area (Å²) >= 11 is 1.18. The van der Waals surface area contributed by atoms with Crippen molar-refractivity contribution < 1.29 is 22.0 Å². The molecule has 2 aromatic heterocycles. The summed E-state index contributed by atoms with van der Waals surface area (Å²) in [6.07, 6.45) is -2.94. The summed E-state index contributed by atoms with van der Waals surface area (Å²) in [6.45, 7) is -0.0736. The first-order valence-electron chi connectivity index (χ1n) is 8.41. The second-order valence-electron chi connectivity index (χ2n) is 6.24. The predicted molar refractivity (Wildman–Crippen MR) is 101 cm³/mol. The highest BCUT2D eigenvalue weighted by Crippen LogP contribution is 2.37. The molecule has 0 N–H and O–H groups in total. The fourth-order valence-electron chi connectivity index (χ4n) is 2.88. The van der Waals surface area contributed by atoms with Crippen LogP contribution in [-0.4, -0.2) is 9.97 Å². The Balaban J connectivity index is 1.82. The van der Waals surface area contributed by atoms with Gasteiger partial charge >= 0.3 is 6.18 Å². The highest BCUT2D eigenvalue weighted by atomic mass is 32.1. The topological polar surface area (TPSA) is 29.0 Å². The van der Waals surface area contributed by atoms with Crippen LogP contribution < -0.4 is 4.90 Å². The molecule has 0 aliphatic rings. The van der Waals surface area contributed by atoms with Crippen LogP contribution in [0.25, 0.3) is 10.3 Å². The van der Waals surface area contributed by atoms with Crippen LogP contribution in [0.15, 0.2) is 60.8 Å². The van der Waals surface area contributed by atoms with E-state index in [2.05, 4.69) is 9.97 Å². The third kappa shape index (κ3) is 4.19.